The molecule has 0 aliphatic rings. The minimum absolute atomic E-state index is 0.00851. The molecule has 0 aliphatic heterocycles. The lowest BCUT2D eigenvalue weighted by Gasteiger charge is -2.21. The number of nitrogens with one attached hydrogen (secondary N) is 1. The predicted molar refractivity (Wildman–Crippen MR) is 148 cm³/mol. The van der Waals surface area contributed by atoms with Crippen molar-refractivity contribution in [2.45, 2.75) is 26.7 Å². The Morgan fingerprint density at radius 3 is 2.26 bits per heavy atom. The highest BCUT2D eigenvalue weighted by Crippen LogP contribution is 2.34. The van der Waals surface area contributed by atoms with Crippen molar-refractivity contribution in [1.82, 2.24) is 4.90 Å². The van der Waals surface area contributed by atoms with Crippen molar-refractivity contribution in [3.8, 4) is 23.0 Å². The van der Waals surface area contributed by atoms with Crippen LogP contribution in [0.15, 0.2) is 60.7 Å². The summed E-state index contributed by atoms with van der Waals surface area (Å²) in [6, 6.07) is 15.5. The molecule has 10 heteroatoms. The van der Waals surface area contributed by atoms with Gasteiger partial charge in [-0.05, 0) is 74.5 Å². The first kappa shape index (κ1) is 28.7. The maximum atomic E-state index is 12.9. The molecule has 1 N–H and O–H groups in total. The van der Waals surface area contributed by atoms with Gasteiger partial charge in [-0.2, -0.15) is 0 Å². The zero-order chi connectivity index (χ0) is 27.5. The molecular formula is C28H32ClN3O6. The van der Waals surface area contributed by atoms with E-state index in [0.717, 1.165) is 32.5 Å². The second-order valence-electron chi connectivity index (χ2n) is 8.51. The summed E-state index contributed by atoms with van der Waals surface area (Å²) < 4.78 is 17.0. The molecule has 0 saturated heterocycles. The summed E-state index contributed by atoms with van der Waals surface area (Å²) in [5, 5.41) is 15.0. The van der Waals surface area contributed by atoms with Crippen LogP contribution in [0, 0.1) is 10.1 Å². The number of hydrogen-bond donors (Lipinski definition) is 1. The van der Waals surface area contributed by atoms with Gasteiger partial charge < -0.3 is 19.5 Å². The number of anilines is 1. The van der Waals surface area contributed by atoms with Crippen molar-refractivity contribution in [3.05, 3.63) is 81.4 Å². The number of ether oxygens (including phenoxy) is 3. The first-order valence-corrected chi connectivity index (χ1v) is 12.8. The molecule has 9 nitrogen and oxygen atoms in total. The Bertz CT molecular complexity index is 1230. The van der Waals surface area contributed by atoms with E-state index < -0.39 is 10.8 Å². The van der Waals surface area contributed by atoms with E-state index in [1.807, 2.05) is 0 Å². The maximum Gasteiger partial charge on any atom is 0.312 e. The number of rotatable bonds is 14. The zero-order valence-corrected chi connectivity index (χ0v) is 22.5. The van der Waals surface area contributed by atoms with Gasteiger partial charge in [0, 0.05) is 35.0 Å². The highest BCUT2D eigenvalue weighted by atomic mass is 35.5. The van der Waals surface area contributed by atoms with Gasteiger partial charge in [0.25, 0.3) is 5.91 Å². The molecule has 0 aromatic heterocycles. The molecule has 1 amide bonds. The number of carbonyl (C=O) groups is 1. The Balaban J connectivity index is 1.72. The van der Waals surface area contributed by atoms with Gasteiger partial charge >= 0.3 is 5.69 Å². The fourth-order valence-corrected chi connectivity index (χ4v) is 3.97. The number of nitro groups is 1. The number of amides is 1. The van der Waals surface area contributed by atoms with Crippen LogP contribution in [-0.4, -0.2) is 49.1 Å². The molecule has 3 rings (SSSR count). The molecule has 0 fully saturated rings. The van der Waals surface area contributed by atoms with Crippen LogP contribution < -0.4 is 19.5 Å². The minimum Gasteiger partial charge on any atom is -0.493 e. The van der Waals surface area contributed by atoms with Gasteiger partial charge in [-0.15, -0.1) is 0 Å². The van der Waals surface area contributed by atoms with Gasteiger partial charge in [0.15, 0.2) is 11.5 Å². The largest absolute Gasteiger partial charge is 0.493 e. The highest BCUT2D eigenvalue weighted by Gasteiger charge is 2.20. The Kier molecular flexibility index (Phi) is 10.7. The van der Waals surface area contributed by atoms with Crippen LogP contribution in [0.3, 0.4) is 0 Å². The van der Waals surface area contributed by atoms with Gasteiger partial charge in [0.05, 0.1) is 12.0 Å². The molecule has 0 radical (unpaired) electrons. The number of methoxy groups -OCH3 is 1. The number of benzene rings is 3. The van der Waals surface area contributed by atoms with E-state index in [2.05, 4.69) is 24.1 Å². The van der Waals surface area contributed by atoms with Gasteiger partial charge in [-0.1, -0.05) is 25.4 Å². The Hall–Kier alpha value is -3.82. The number of nitro benzene ring substituents is 1. The molecule has 0 unspecified atom stereocenters. The summed E-state index contributed by atoms with van der Waals surface area (Å²) in [6.45, 7) is 7.53. The van der Waals surface area contributed by atoms with Crippen LogP contribution in [0.2, 0.25) is 5.02 Å². The number of halogens is 1. The Labute approximate surface area is 227 Å². The van der Waals surface area contributed by atoms with E-state index in [4.69, 9.17) is 25.8 Å². The molecular weight excluding hydrogens is 510 g/mol. The molecule has 0 saturated carbocycles. The molecule has 0 aliphatic carbocycles. The second-order valence-corrected chi connectivity index (χ2v) is 8.94. The summed E-state index contributed by atoms with van der Waals surface area (Å²) in [6.07, 6.45) is 2.13. The second kappa shape index (κ2) is 14.2. The van der Waals surface area contributed by atoms with E-state index >= 15 is 0 Å². The van der Waals surface area contributed by atoms with Crippen LogP contribution in [-0.2, 0) is 0 Å². The van der Waals surface area contributed by atoms with Crippen molar-refractivity contribution >= 4 is 28.9 Å². The summed E-state index contributed by atoms with van der Waals surface area (Å²) in [5.41, 5.74) is 0.234. The van der Waals surface area contributed by atoms with Crippen LogP contribution in [0.1, 0.15) is 37.0 Å². The molecule has 0 heterocycles. The minimum atomic E-state index is -0.596. The van der Waals surface area contributed by atoms with Crippen LogP contribution in [0.5, 0.6) is 23.0 Å². The highest BCUT2D eigenvalue weighted by molar-refractivity contribution is 6.30. The average molecular weight is 542 g/mol. The third-order valence-electron chi connectivity index (χ3n) is 5.63. The molecule has 3 aromatic rings. The van der Waals surface area contributed by atoms with Crippen molar-refractivity contribution in [1.29, 1.82) is 0 Å². The first-order valence-electron chi connectivity index (χ1n) is 12.4. The quantitative estimate of drug-likeness (QED) is 0.177. The smallest absolute Gasteiger partial charge is 0.312 e. The third-order valence-corrected chi connectivity index (χ3v) is 5.88. The number of hydrogen-bond acceptors (Lipinski definition) is 7. The molecule has 3 aromatic carbocycles. The number of nitrogens with zero attached hydrogens (tertiary/aromatic N) is 2. The van der Waals surface area contributed by atoms with Crippen LogP contribution in [0.4, 0.5) is 11.4 Å². The molecule has 0 spiro atoms. The van der Waals surface area contributed by atoms with Crippen LogP contribution in [0.25, 0.3) is 0 Å². The van der Waals surface area contributed by atoms with Crippen molar-refractivity contribution in [2.24, 2.45) is 0 Å². The zero-order valence-electron chi connectivity index (χ0n) is 21.7. The standard InChI is InChI=1S/C28H32ClN3O6/c1-4-14-31(15-5-2)16-17-37-27-19-22(9-13-26(27)36-3)30-28(33)20-6-12-25(24(18-20)32(34)35)38-23-10-7-21(29)8-11-23/h6-13,18-19H,4-5,14-17H2,1-3H3,(H,30,33). The average Bonchev–Trinajstić information content (AvgIpc) is 2.90. The van der Waals surface area contributed by atoms with E-state index in [1.165, 1.54) is 18.2 Å². The van der Waals surface area contributed by atoms with E-state index in [-0.39, 0.29) is 17.0 Å². The predicted octanol–water partition coefficient (Wildman–Crippen LogP) is 6.80. The summed E-state index contributed by atoms with van der Waals surface area (Å²) in [4.78, 5) is 26.4. The number of carbonyl (C=O) groups excluding carboxylic acids is 1. The summed E-state index contributed by atoms with van der Waals surface area (Å²) in [7, 11) is 1.55. The van der Waals surface area contributed by atoms with Gasteiger partial charge in [0.1, 0.15) is 12.4 Å². The van der Waals surface area contributed by atoms with Gasteiger partial charge in [-0.3, -0.25) is 19.8 Å². The lowest BCUT2D eigenvalue weighted by molar-refractivity contribution is -0.385. The summed E-state index contributed by atoms with van der Waals surface area (Å²) >= 11 is 5.88. The summed E-state index contributed by atoms with van der Waals surface area (Å²) in [5.74, 6) is 0.914. The molecule has 0 bridgehead atoms. The van der Waals surface area contributed by atoms with Crippen LogP contribution >= 0.6 is 11.6 Å². The van der Waals surface area contributed by atoms with Gasteiger partial charge in [-0.25, -0.2) is 0 Å². The molecule has 202 valence electrons. The van der Waals surface area contributed by atoms with Crippen molar-refractivity contribution in [2.75, 3.05) is 38.7 Å². The van der Waals surface area contributed by atoms with E-state index in [0.29, 0.717) is 34.6 Å². The Morgan fingerprint density at radius 1 is 0.947 bits per heavy atom. The van der Waals surface area contributed by atoms with E-state index in [1.54, 1.807) is 49.6 Å². The SMILES string of the molecule is CCCN(CCC)CCOc1cc(NC(=O)c2ccc(Oc3ccc(Cl)cc3)c([N+](=O)[O-])c2)ccc1OC. The lowest BCUT2D eigenvalue weighted by atomic mass is 10.1. The maximum absolute atomic E-state index is 12.9. The molecule has 0 atom stereocenters. The monoisotopic (exact) mass is 541 g/mol. The topological polar surface area (TPSA) is 103 Å². The van der Waals surface area contributed by atoms with Gasteiger partial charge in [0.2, 0.25) is 5.75 Å². The van der Waals surface area contributed by atoms with Crippen molar-refractivity contribution < 1.29 is 23.9 Å². The fraction of sp³-hybridized carbons (Fsp3) is 0.321. The lowest BCUT2D eigenvalue weighted by Crippen LogP contribution is -2.30. The fourth-order valence-electron chi connectivity index (χ4n) is 3.84. The Morgan fingerprint density at radius 2 is 1.63 bits per heavy atom. The first-order chi connectivity index (χ1) is 18.3. The third kappa shape index (κ3) is 8.09. The normalized spacial score (nSPS) is 10.8. The van der Waals surface area contributed by atoms with E-state index in [9.17, 15) is 14.9 Å². The molecule has 38 heavy (non-hydrogen) atoms. The van der Waals surface area contributed by atoms with Crippen molar-refractivity contribution in [3.63, 3.8) is 0 Å².